The predicted molar refractivity (Wildman–Crippen MR) is 77.9 cm³/mol. The van der Waals surface area contributed by atoms with Gasteiger partial charge in [-0.2, -0.15) is 0 Å². The topological polar surface area (TPSA) is 39.2 Å². The summed E-state index contributed by atoms with van der Waals surface area (Å²) in [5.74, 6) is -0.692. The first-order chi connectivity index (χ1) is 9.51. The summed E-state index contributed by atoms with van der Waals surface area (Å²) in [6.07, 6.45) is 1.43. The number of hydrogen-bond donors (Lipinski definition) is 0. The number of thiazole rings is 1. The summed E-state index contributed by atoms with van der Waals surface area (Å²) >= 11 is 1.49. The van der Waals surface area contributed by atoms with Crippen LogP contribution in [0.25, 0.3) is 16.8 Å². The first-order valence-electron chi connectivity index (χ1n) is 6.01. The molecule has 0 N–H and O–H groups in total. The molecule has 0 saturated heterocycles. The zero-order valence-corrected chi connectivity index (χ0v) is 12.3. The van der Waals surface area contributed by atoms with Gasteiger partial charge in [-0.05, 0) is 43.7 Å². The standard InChI is InChI=1S/C15H14FNO2S/c1-9(8-13(18)19-3)15-14(17-10(2)20-15)11-4-6-12(16)7-5-11/h4-8H,1-3H3/b9-8+. The molecule has 0 aliphatic rings. The maximum absolute atomic E-state index is 13.0. The number of aromatic nitrogens is 1. The second kappa shape index (κ2) is 5.96. The van der Waals surface area contributed by atoms with Crippen LogP contribution in [0.4, 0.5) is 4.39 Å². The van der Waals surface area contributed by atoms with Gasteiger partial charge in [0.2, 0.25) is 0 Å². The lowest BCUT2D eigenvalue weighted by atomic mass is 10.1. The van der Waals surface area contributed by atoms with Gasteiger partial charge in [-0.1, -0.05) is 0 Å². The number of aryl methyl sites for hydroxylation is 1. The first kappa shape index (κ1) is 14.4. The van der Waals surface area contributed by atoms with Crippen molar-refractivity contribution in [3.05, 3.63) is 46.0 Å². The molecule has 0 spiro atoms. The molecule has 0 radical (unpaired) electrons. The van der Waals surface area contributed by atoms with Crippen molar-refractivity contribution in [3.63, 3.8) is 0 Å². The van der Waals surface area contributed by atoms with Gasteiger partial charge in [-0.3, -0.25) is 0 Å². The molecular weight excluding hydrogens is 277 g/mol. The number of carbonyl (C=O) groups is 1. The normalized spacial score (nSPS) is 11.5. The van der Waals surface area contributed by atoms with E-state index in [1.54, 1.807) is 12.1 Å². The maximum atomic E-state index is 13.0. The highest BCUT2D eigenvalue weighted by Gasteiger charge is 2.14. The third-order valence-electron chi connectivity index (χ3n) is 2.75. The summed E-state index contributed by atoms with van der Waals surface area (Å²) in [4.78, 5) is 16.7. The summed E-state index contributed by atoms with van der Waals surface area (Å²) in [6.45, 7) is 3.73. The number of methoxy groups -OCH3 is 1. The van der Waals surface area contributed by atoms with Crippen LogP contribution in [0.15, 0.2) is 30.3 Å². The third-order valence-corrected chi connectivity index (χ3v) is 3.85. The molecule has 0 aliphatic carbocycles. The van der Waals surface area contributed by atoms with Crippen LogP contribution in [0.1, 0.15) is 16.8 Å². The Labute approximate surface area is 120 Å². The molecule has 1 aromatic carbocycles. The van der Waals surface area contributed by atoms with Crippen molar-refractivity contribution < 1.29 is 13.9 Å². The van der Waals surface area contributed by atoms with Gasteiger partial charge in [0.1, 0.15) is 5.82 Å². The number of carbonyl (C=O) groups excluding carboxylic acids is 1. The molecule has 104 valence electrons. The highest BCUT2D eigenvalue weighted by molar-refractivity contribution is 7.13. The highest BCUT2D eigenvalue weighted by atomic mass is 32.1. The smallest absolute Gasteiger partial charge is 0.330 e. The Kier molecular flexibility index (Phi) is 4.29. The Morgan fingerprint density at radius 1 is 1.35 bits per heavy atom. The third kappa shape index (κ3) is 3.11. The summed E-state index contributed by atoms with van der Waals surface area (Å²) in [6, 6.07) is 6.15. The van der Waals surface area contributed by atoms with Gasteiger partial charge in [0, 0.05) is 11.6 Å². The van der Waals surface area contributed by atoms with Crippen molar-refractivity contribution >= 4 is 22.9 Å². The van der Waals surface area contributed by atoms with Crippen molar-refractivity contribution in [2.24, 2.45) is 0 Å². The van der Waals surface area contributed by atoms with E-state index < -0.39 is 5.97 Å². The summed E-state index contributed by atoms with van der Waals surface area (Å²) in [5, 5.41) is 0.886. The number of ether oxygens (including phenoxy) is 1. The minimum absolute atomic E-state index is 0.288. The fraction of sp³-hybridized carbons (Fsp3) is 0.200. The molecule has 0 saturated carbocycles. The number of rotatable bonds is 3. The predicted octanol–water partition coefficient (Wildman–Crippen LogP) is 3.83. The quantitative estimate of drug-likeness (QED) is 0.637. The molecule has 2 aromatic rings. The zero-order chi connectivity index (χ0) is 14.7. The van der Waals surface area contributed by atoms with E-state index in [9.17, 15) is 9.18 Å². The molecule has 0 bridgehead atoms. The minimum Gasteiger partial charge on any atom is -0.466 e. The van der Waals surface area contributed by atoms with E-state index in [0.29, 0.717) is 0 Å². The molecule has 5 heteroatoms. The summed E-state index contributed by atoms with van der Waals surface area (Å²) in [7, 11) is 1.34. The van der Waals surface area contributed by atoms with E-state index in [-0.39, 0.29) is 5.82 Å². The Balaban J connectivity index is 2.48. The number of allylic oxidation sites excluding steroid dienone is 1. The van der Waals surface area contributed by atoms with Gasteiger partial charge in [0.05, 0.1) is 22.7 Å². The molecule has 1 heterocycles. The summed E-state index contributed by atoms with van der Waals surface area (Å²) < 4.78 is 17.6. The van der Waals surface area contributed by atoms with Gasteiger partial charge < -0.3 is 4.74 Å². The van der Waals surface area contributed by atoms with E-state index in [1.165, 1.54) is 36.7 Å². The van der Waals surface area contributed by atoms with Crippen molar-refractivity contribution in [1.82, 2.24) is 4.98 Å². The van der Waals surface area contributed by atoms with Crippen LogP contribution in [-0.2, 0) is 9.53 Å². The number of hydrogen-bond acceptors (Lipinski definition) is 4. The van der Waals surface area contributed by atoms with Gasteiger partial charge in [0.25, 0.3) is 0 Å². The molecule has 0 aliphatic heterocycles. The van der Waals surface area contributed by atoms with E-state index in [0.717, 1.165) is 26.7 Å². The molecule has 0 unspecified atom stereocenters. The van der Waals surface area contributed by atoms with Crippen molar-refractivity contribution in [2.75, 3.05) is 7.11 Å². The molecule has 1 aromatic heterocycles. The fourth-order valence-corrected chi connectivity index (χ4v) is 2.71. The van der Waals surface area contributed by atoms with E-state index in [1.807, 2.05) is 13.8 Å². The fourth-order valence-electron chi connectivity index (χ4n) is 1.80. The lowest BCUT2D eigenvalue weighted by molar-refractivity contribution is -0.134. The first-order valence-corrected chi connectivity index (χ1v) is 6.83. The van der Waals surface area contributed by atoms with E-state index in [4.69, 9.17) is 0 Å². The molecule has 2 rings (SSSR count). The van der Waals surface area contributed by atoms with Crippen molar-refractivity contribution in [2.45, 2.75) is 13.8 Å². The van der Waals surface area contributed by atoms with Gasteiger partial charge in [-0.15, -0.1) is 11.3 Å². The molecule has 0 atom stereocenters. The van der Waals surface area contributed by atoms with Gasteiger partial charge >= 0.3 is 5.97 Å². The highest BCUT2D eigenvalue weighted by Crippen LogP contribution is 2.33. The van der Waals surface area contributed by atoms with Gasteiger partial charge in [-0.25, -0.2) is 14.2 Å². The molecule has 20 heavy (non-hydrogen) atoms. The largest absolute Gasteiger partial charge is 0.466 e. The van der Waals surface area contributed by atoms with Crippen LogP contribution in [0.2, 0.25) is 0 Å². The number of esters is 1. The van der Waals surface area contributed by atoms with Crippen LogP contribution < -0.4 is 0 Å². The second-order valence-corrected chi connectivity index (χ2v) is 5.47. The molecule has 0 amide bonds. The number of nitrogens with zero attached hydrogens (tertiary/aromatic N) is 1. The molecule has 3 nitrogen and oxygen atoms in total. The van der Waals surface area contributed by atoms with Crippen LogP contribution >= 0.6 is 11.3 Å². The van der Waals surface area contributed by atoms with Crippen molar-refractivity contribution in [1.29, 1.82) is 0 Å². The van der Waals surface area contributed by atoms with Crippen LogP contribution in [-0.4, -0.2) is 18.1 Å². The maximum Gasteiger partial charge on any atom is 0.330 e. The zero-order valence-electron chi connectivity index (χ0n) is 11.4. The van der Waals surface area contributed by atoms with Crippen LogP contribution in [0.5, 0.6) is 0 Å². The van der Waals surface area contributed by atoms with E-state index in [2.05, 4.69) is 9.72 Å². The Bertz CT molecular complexity index is 659. The molecule has 0 fully saturated rings. The number of halogens is 1. The van der Waals surface area contributed by atoms with Gasteiger partial charge in [0.15, 0.2) is 0 Å². The van der Waals surface area contributed by atoms with Crippen LogP contribution in [0.3, 0.4) is 0 Å². The average Bonchev–Trinajstić information content (AvgIpc) is 2.81. The lowest BCUT2D eigenvalue weighted by Crippen LogP contribution is -1.95. The Morgan fingerprint density at radius 2 is 2.00 bits per heavy atom. The minimum atomic E-state index is -0.404. The Morgan fingerprint density at radius 3 is 2.60 bits per heavy atom. The number of benzene rings is 1. The monoisotopic (exact) mass is 291 g/mol. The average molecular weight is 291 g/mol. The second-order valence-electron chi connectivity index (χ2n) is 4.27. The summed E-state index contributed by atoms with van der Waals surface area (Å²) in [5.41, 5.74) is 2.36. The Hall–Kier alpha value is -2.01. The lowest BCUT2D eigenvalue weighted by Gasteiger charge is -2.03. The van der Waals surface area contributed by atoms with E-state index >= 15 is 0 Å². The van der Waals surface area contributed by atoms with Crippen LogP contribution in [0, 0.1) is 12.7 Å². The molecular formula is C15H14FNO2S. The SMILES string of the molecule is COC(=O)/C=C(\C)c1sc(C)nc1-c1ccc(F)cc1. The van der Waals surface area contributed by atoms with Crippen molar-refractivity contribution in [3.8, 4) is 11.3 Å².